The topological polar surface area (TPSA) is 159 Å². The van der Waals surface area contributed by atoms with Crippen molar-refractivity contribution >= 4 is 35.1 Å². The van der Waals surface area contributed by atoms with Crippen LogP contribution in [0.1, 0.15) is 11.9 Å². The number of rotatable bonds is 1. The van der Waals surface area contributed by atoms with Crippen LogP contribution in [0.5, 0.6) is 0 Å². The monoisotopic (exact) mass is 269 g/mol. The van der Waals surface area contributed by atoms with E-state index in [2.05, 4.69) is 15.0 Å². The smallest absolute Gasteiger partial charge is 1.00 e. The summed E-state index contributed by atoms with van der Waals surface area (Å²) in [6.07, 6.45) is 0. The predicted molar refractivity (Wildman–Crippen MR) is 57.1 cm³/mol. The molecule has 0 saturated carbocycles. The Balaban J connectivity index is 0. The molecule has 1 aromatic rings. The summed E-state index contributed by atoms with van der Waals surface area (Å²) < 4.78 is 0. The van der Waals surface area contributed by atoms with Crippen molar-refractivity contribution in [3.63, 3.8) is 0 Å². The van der Waals surface area contributed by atoms with E-state index in [9.17, 15) is 4.79 Å². The van der Waals surface area contributed by atoms with Gasteiger partial charge in [0.15, 0.2) is 28.4 Å². The molecule has 1 amide bonds. The number of nitrogens with zero attached hydrogens (tertiary/aromatic N) is 3. The third-order valence-electron chi connectivity index (χ3n) is 1.34. The molecule has 1 rings (SSSR count). The van der Waals surface area contributed by atoms with Gasteiger partial charge in [-0.3, -0.25) is 4.79 Å². The van der Waals surface area contributed by atoms with Crippen LogP contribution in [0, 0.1) is 0 Å². The number of carbonyl (C=O) groups is 1. The molecule has 0 radical (unpaired) electrons. The first-order valence-electron chi connectivity index (χ1n) is 3.64. The third-order valence-corrected chi connectivity index (χ3v) is 1.62. The van der Waals surface area contributed by atoms with Crippen LogP contribution in [0.2, 0.25) is 5.15 Å². The number of anilines is 2. The van der Waals surface area contributed by atoms with Gasteiger partial charge in [-0.15, -0.1) is 0 Å². The normalized spacial score (nSPS) is 9.06. The zero-order chi connectivity index (χ0) is 11.6. The van der Waals surface area contributed by atoms with Gasteiger partial charge in [0.2, 0.25) is 0 Å². The second kappa shape index (κ2) is 6.32. The fourth-order valence-corrected chi connectivity index (χ4v) is 0.896. The molecule has 0 bridgehead atoms. The molecule has 0 aliphatic carbocycles. The van der Waals surface area contributed by atoms with Gasteiger partial charge in [-0.25, -0.2) is 9.97 Å². The molecule has 1 aromatic heterocycles. The molecule has 0 aliphatic heterocycles. The van der Waals surface area contributed by atoms with Crippen molar-refractivity contribution in [2.75, 3.05) is 11.5 Å². The summed E-state index contributed by atoms with van der Waals surface area (Å²) in [6, 6.07) is 0. The number of guanidine groups is 1. The van der Waals surface area contributed by atoms with E-state index in [1.807, 2.05) is 0 Å². The molecule has 0 saturated heterocycles. The van der Waals surface area contributed by atoms with Gasteiger partial charge in [-0.2, -0.15) is 4.99 Å². The van der Waals surface area contributed by atoms with Crippen LogP contribution in [-0.2, 0) is 0 Å². The number of aliphatic imine (C=N–C) groups is 1. The van der Waals surface area contributed by atoms with Crippen LogP contribution in [0.4, 0.5) is 11.6 Å². The molecule has 82 valence electrons. The summed E-state index contributed by atoms with van der Waals surface area (Å²) >= 11 is 5.55. The average Bonchev–Trinajstić information content (AvgIpc) is 2.09. The van der Waals surface area contributed by atoms with Crippen molar-refractivity contribution in [3.8, 4) is 0 Å². The number of halogens is 1. The number of nitrogens with two attached hydrogens (primary N) is 4. The Morgan fingerprint density at radius 2 is 1.81 bits per heavy atom. The summed E-state index contributed by atoms with van der Waals surface area (Å²) in [4.78, 5) is 21.7. The zero-order valence-electron chi connectivity index (χ0n) is 9.44. The molecule has 0 fully saturated rings. The molecule has 1 heterocycles. The minimum absolute atomic E-state index is 0. The van der Waals surface area contributed by atoms with E-state index in [0.29, 0.717) is 0 Å². The molecular weight excluding hydrogens is 261 g/mol. The van der Waals surface area contributed by atoms with Gasteiger partial charge in [0.05, 0.1) is 0 Å². The molecule has 0 aliphatic rings. The number of hydrogen-bond donors (Lipinski definition) is 4. The van der Waals surface area contributed by atoms with E-state index in [-0.39, 0.29) is 75.3 Å². The van der Waals surface area contributed by atoms with Gasteiger partial charge in [0.25, 0.3) is 0 Å². The predicted octanol–water partition coefficient (Wildman–Crippen LogP) is -4.18. The molecule has 0 atom stereocenters. The largest absolute Gasteiger partial charge is 1.00 e. The number of amides is 1. The van der Waals surface area contributed by atoms with E-state index in [1.165, 1.54) is 0 Å². The van der Waals surface area contributed by atoms with E-state index in [4.69, 9.17) is 34.5 Å². The quantitative estimate of drug-likeness (QED) is 0.228. The fourth-order valence-electron chi connectivity index (χ4n) is 0.769. The first-order chi connectivity index (χ1) is 6.91. The van der Waals surface area contributed by atoms with Crippen LogP contribution >= 0.6 is 11.6 Å². The molecule has 0 unspecified atom stereocenters. The van der Waals surface area contributed by atoms with Crippen LogP contribution in [-0.4, -0.2) is 21.8 Å². The van der Waals surface area contributed by atoms with Crippen molar-refractivity contribution in [1.29, 1.82) is 0 Å². The summed E-state index contributed by atoms with van der Waals surface area (Å²) in [5.74, 6) is -1.50. The standard InChI is InChI=1S/C6H8ClN7O.K.H/c7-2-4(9)13-3(8)1(12-2)5(15)14-6(10)11;;/h(H4,8,9,13)(H4,10,11,14,15);;/q;+1;-1. The van der Waals surface area contributed by atoms with Crippen molar-refractivity contribution < 1.29 is 57.6 Å². The minimum Gasteiger partial charge on any atom is -1.00 e. The summed E-state index contributed by atoms with van der Waals surface area (Å²) in [7, 11) is 0. The molecule has 0 spiro atoms. The molecule has 16 heavy (non-hydrogen) atoms. The van der Waals surface area contributed by atoms with Gasteiger partial charge in [-0.05, 0) is 0 Å². The Morgan fingerprint density at radius 1 is 1.25 bits per heavy atom. The number of carbonyl (C=O) groups excluding carboxylic acids is 1. The summed E-state index contributed by atoms with van der Waals surface area (Å²) in [5.41, 5.74) is 20.5. The van der Waals surface area contributed by atoms with Crippen LogP contribution < -0.4 is 74.3 Å². The average molecular weight is 270 g/mol. The number of aromatic nitrogens is 2. The van der Waals surface area contributed by atoms with Crippen LogP contribution in [0.25, 0.3) is 0 Å². The fraction of sp³-hybridized carbons (Fsp3) is 0. The third kappa shape index (κ3) is 3.85. The van der Waals surface area contributed by atoms with E-state index < -0.39 is 11.9 Å². The zero-order valence-corrected chi connectivity index (χ0v) is 12.3. The van der Waals surface area contributed by atoms with Crippen LogP contribution in [0.3, 0.4) is 0 Å². The second-order valence-electron chi connectivity index (χ2n) is 2.48. The van der Waals surface area contributed by atoms with Gasteiger partial charge < -0.3 is 24.4 Å². The van der Waals surface area contributed by atoms with Crippen LogP contribution in [0.15, 0.2) is 4.99 Å². The molecule has 8 N–H and O–H groups in total. The number of nitrogen functional groups attached to an aromatic ring is 2. The van der Waals surface area contributed by atoms with Crippen molar-refractivity contribution in [1.82, 2.24) is 9.97 Å². The second-order valence-corrected chi connectivity index (χ2v) is 2.83. The molecular formula is C6H9ClKN7O. The SMILES string of the molecule is NC(N)=NC(=O)c1nc(Cl)c(N)nc1N.[H-].[K+]. The Hall–Kier alpha value is -0.454. The molecule has 10 heteroatoms. The first-order valence-corrected chi connectivity index (χ1v) is 4.02. The Bertz CT molecular complexity index is 450. The minimum atomic E-state index is -0.832. The summed E-state index contributed by atoms with van der Waals surface area (Å²) in [5, 5.41) is -0.140. The van der Waals surface area contributed by atoms with E-state index in [0.717, 1.165) is 0 Å². The van der Waals surface area contributed by atoms with Gasteiger partial charge in [0, 0.05) is 0 Å². The Kier molecular flexibility index (Phi) is 6.14. The Labute approximate surface area is 140 Å². The molecule has 8 nitrogen and oxygen atoms in total. The Morgan fingerprint density at radius 3 is 2.31 bits per heavy atom. The number of hydrogen-bond acceptors (Lipinski definition) is 5. The van der Waals surface area contributed by atoms with Gasteiger partial charge in [0.1, 0.15) is 0 Å². The maximum absolute atomic E-state index is 11.3. The maximum atomic E-state index is 11.3. The van der Waals surface area contributed by atoms with Crippen molar-refractivity contribution in [3.05, 3.63) is 10.8 Å². The van der Waals surface area contributed by atoms with Crippen molar-refractivity contribution in [2.24, 2.45) is 16.5 Å². The van der Waals surface area contributed by atoms with Crippen molar-refractivity contribution in [2.45, 2.75) is 0 Å². The van der Waals surface area contributed by atoms with E-state index >= 15 is 0 Å². The molecule has 0 aromatic carbocycles. The van der Waals surface area contributed by atoms with Gasteiger partial charge >= 0.3 is 57.3 Å². The van der Waals surface area contributed by atoms with E-state index in [1.54, 1.807) is 0 Å². The van der Waals surface area contributed by atoms with Gasteiger partial charge in [-0.1, -0.05) is 11.6 Å². The summed E-state index contributed by atoms with van der Waals surface area (Å²) in [6.45, 7) is 0. The first kappa shape index (κ1) is 15.5. The maximum Gasteiger partial charge on any atom is 1.00 e.